The van der Waals surface area contributed by atoms with Crippen molar-refractivity contribution in [1.82, 2.24) is 25.9 Å². The third-order valence-corrected chi connectivity index (χ3v) is 8.35. The molecule has 0 unspecified atom stereocenters. The van der Waals surface area contributed by atoms with Crippen LogP contribution in [-0.2, 0) is 20.8 Å². The topological polar surface area (TPSA) is 116 Å². The van der Waals surface area contributed by atoms with Crippen LogP contribution < -0.4 is 19.7 Å². The number of methoxy groups -OCH3 is 2. The number of hydrogen-bond acceptors (Lipinski definition) is 10. The predicted octanol–water partition coefficient (Wildman–Crippen LogP) is 4.08. The molecule has 1 aromatic heterocycles. The largest absolute Gasteiger partial charge is 0.494 e. The molecule has 5 rings (SSSR count). The fraction of sp³-hybridized carbons (Fsp3) is 0.594. The smallest absolute Gasteiger partial charge is 0.151 e. The number of anilines is 1. The molecule has 234 valence electrons. The van der Waals surface area contributed by atoms with E-state index in [2.05, 4.69) is 80.2 Å². The Morgan fingerprint density at radius 3 is 2.67 bits per heavy atom. The summed E-state index contributed by atoms with van der Waals surface area (Å²) in [4.78, 5) is 2.39. The van der Waals surface area contributed by atoms with Crippen molar-refractivity contribution in [2.45, 2.75) is 63.2 Å². The molecule has 2 N–H and O–H groups in total. The predicted molar refractivity (Wildman–Crippen MR) is 164 cm³/mol. The standard InChI is InChI=1S/C32H46N6O5/c1-23(32-34-36-37-35-32)18-26-20-28(25-7-9-27(10-8-25)41-16-5-15-40-3)31(21-33-26)43-22-24-6-11-30-29(19-24)38(13-17-42-30)12-4-14-39-2/h6-11,19,23,26,28,31,33H,4-5,12-18,20-22H2,1-3H3,(H,34,35,36,37)/t23-,26+,28-,31+/m1/s1. The molecule has 0 amide bonds. The zero-order chi connectivity index (χ0) is 29.9. The highest BCUT2D eigenvalue weighted by atomic mass is 16.5. The van der Waals surface area contributed by atoms with Crippen LogP contribution in [0.4, 0.5) is 5.69 Å². The molecule has 1 saturated heterocycles. The van der Waals surface area contributed by atoms with E-state index in [9.17, 15) is 0 Å². The number of aromatic amines is 1. The van der Waals surface area contributed by atoms with Crippen LogP contribution in [0.15, 0.2) is 42.5 Å². The molecule has 11 nitrogen and oxygen atoms in total. The molecular formula is C32H46N6O5. The second kappa shape index (κ2) is 16.0. The molecule has 2 aliphatic heterocycles. The zero-order valence-electron chi connectivity index (χ0n) is 25.7. The molecule has 0 radical (unpaired) electrons. The summed E-state index contributed by atoms with van der Waals surface area (Å²) in [5, 5.41) is 18.3. The minimum atomic E-state index is 0.0251. The van der Waals surface area contributed by atoms with E-state index in [0.29, 0.717) is 32.5 Å². The molecule has 3 heterocycles. The molecule has 0 spiro atoms. The Hall–Kier alpha value is -3.25. The molecule has 11 heteroatoms. The van der Waals surface area contributed by atoms with Gasteiger partial charge in [0.2, 0.25) is 0 Å². The molecule has 2 aliphatic rings. The van der Waals surface area contributed by atoms with Crippen LogP contribution in [0.3, 0.4) is 0 Å². The molecule has 43 heavy (non-hydrogen) atoms. The van der Waals surface area contributed by atoms with Crippen molar-refractivity contribution in [3.8, 4) is 11.5 Å². The van der Waals surface area contributed by atoms with Gasteiger partial charge in [-0.2, -0.15) is 0 Å². The highest BCUT2D eigenvalue weighted by Gasteiger charge is 2.33. The van der Waals surface area contributed by atoms with E-state index in [1.54, 1.807) is 14.2 Å². The number of aromatic nitrogens is 4. The third kappa shape index (κ3) is 8.66. The van der Waals surface area contributed by atoms with E-state index in [0.717, 1.165) is 80.5 Å². The van der Waals surface area contributed by atoms with Crippen molar-refractivity contribution in [3.63, 3.8) is 0 Å². The van der Waals surface area contributed by atoms with Crippen molar-refractivity contribution < 1.29 is 23.7 Å². The highest BCUT2D eigenvalue weighted by Crippen LogP contribution is 2.36. The summed E-state index contributed by atoms with van der Waals surface area (Å²) in [6.07, 6.45) is 3.76. The lowest BCUT2D eigenvalue weighted by Gasteiger charge is -2.38. The zero-order valence-corrected chi connectivity index (χ0v) is 25.7. The average molecular weight is 595 g/mol. The van der Waals surface area contributed by atoms with Crippen molar-refractivity contribution in [2.24, 2.45) is 0 Å². The number of piperidine rings is 1. The van der Waals surface area contributed by atoms with Crippen LogP contribution in [0.1, 0.15) is 61.4 Å². The first-order chi connectivity index (χ1) is 21.1. The third-order valence-electron chi connectivity index (χ3n) is 8.35. The van der Waals surface area contributed by atoms with Gasteiger partial charge in [-0.15, -0.1) is 5.10 Å². The van der Waals surface area contributed by atoms with Gasteiger partial charge in [-0.3, -0.25) is 0 Å². The number of rotatable bonds is 16. The lowest BCUT2D eigenvalue weighted by Crippen LogP contribution is -2.47. The molecule has 0 saturated carbocycles. The summed E-state index contributed by atoms with van der Waals surface area (Å²) >= 11 is 0. The molecule has 0 bridgehead atoms. The van der Waals surface area contributed by atoms with E-state index in [4.69, 9.17) is 23.7 Å². The normalized spacial score (nSPS) is 20.8. The van der Waals surface area contributed by atoms with E-state index in [-0.39, 0.29) is 17.9 Å². The average Bonchev–Trinajstić information content (AvgIpc) is 3.59. The Morgan fingerprint density at radius 1 is 1.05 bits per heavy atom. The van der Waals surface area contributed by atoms with Crippen molar-refractivity contribution >= 4 is 5.69 Å². The summed E-state index contributed by atoms with van der Waals surface area (Å²) < 4.78 is 28.9. The van der Waals surface area contributed by atoms with Gasteiger partial charge in [-0.05, 0) is 65.1 Å². The number of fused-ring (bicyclic) bond motifs is 1. The summed E-state index contributed by atoms with van der Waals surface area (Å²) in [7, 11) is 3.46. The fourth-order valence-corrected chi connectivity index (χ4v) is 6.03. The van der Waals surface area contributed by atoms with Gasteiger partial charge in [-0.1, -0.05) is 25.1 Å². The Balaban J connectivity index is 1.26. The molecule has 1 fully saturated rings. The molecule has 4 atom stereocenters. The van der Waals surface area contributed by atoms with Crippen LogP contribution in [0.5, 0.6) is 11.5 Å². The monoisotopic (exact) mass is 594 g/mol. The van der Waals surface area contributed by atoms with Gasteiger partial charge in [-0.25, -0.2) is 5.10 Å². The van der Waals surface area contributed by atoms with Gasteiger partial charge >= 0.3 is 0 Å². The van der Waals surface area contributed by atoms with Crippen LogP contribution >= 0.6 is 0 Å². The van der Waals surface area contributed by atoms with Gasteiger partial charge < -0.3 is 33.9 Å². The quantitative estimate of drug-likeness (QED) is 0.235. The van der Waals surface area contributed by atoms with E-state index < -0.39 is 0 Å². The maximum Gasteiger partial charge on any atom is 0.151 e. The lowest BCUT2D eigenvalue weighted by molar-refractivity contribution is 0.00180. The molecule has 3 aromatic rings. The van der Waals surface area contributed by atoms with E-state index >= 15 is 0 Å². The first-order valence-electron chi connectivity index (χ1n) is 15.4. The number of hydrogen-bond donors (Lipinski definition) is 2. The molecular weight excluding hydrogens is 548 g/mol. The molecule has 0 aliphatic carbocycles. The van der Waals surface area contributed by atoms with Crippen LogP contribution in [0.2, 0.25) is 0 Å². The summed E-state index contributed by atoms with van der Waals surface area (Å²) in [6, 6.07) is 15.2. The van der Waals surface area contributed by atoms with Crippen molar-refractivity contribution in [1.29, 1.82) is 0 Å². The maximum atomic E-state index is 6.68. The van der Waals surface area contributed by atoms with Gasteiger partial charge in [0.05, 0.1) is 31.5 Å². The van der Waals surface area contributed by atoms with Gasteiger partial charge in [0.25, 0.3) is 0 Å². The van der Waals surface area contributed by atoms with Gasteiger partial charge in [0, 0.05) is 64.8 Å². The summed E-state index contributed by atoms with van der Waals surface area (Å²) in [6.45, 7) is 8.07. The van der Waals surface area contributed by atoms with Crippen molar-refractivity contribution in [2.75, 3.05) is 65.2 Å². The SMILES string of the molecule is COCCCOc1ccc([C@H]2C[C@H](C[C@@H](C)c3nnn[nH]3)NC[C@@H]2OCc2ccc3c(c2)N(CCCOC)CCO3)cc1. The number of tetrazole rings is 1. The number of H-pyrrole nitrogens is 1. The van der Waals surface area contributed by atoms with Crippen molar-refractivity contribution in [3.05, 3.63) is 59.4 Å². The first kappa shape index (κ1) is 31.2. The minimum absolute atomic E-state index is 0.0251. The Kier molecular flexibility index (Phi) is 11.6. The maximum absolute atomic E-state index is 6.68. The fourth-order valence-electron chi connectivity index (χ4n) is 6.03. The van der Waals surface area contributed by atoms with Crippen LogP contribution in [-0.4, -0.2) is 93.1 Å². The Morgan fingerprint density at radius 2 is 1.88 bits per heavy atom. The minimum Gasteiger partial charge on any atom is -0.494 e. The second-order valence-corrected chi connectivity index (χ2v) is 11.5. The molecule has 2 aromatic carbocycles. The van der Waals surface area contributed by atoms with Crippen LogP contribution in [0, 0.1) is 0 Å². The lowest BCUT2D eigenvalue weighted by atomic mass is 9.81. The number of nitrogens with zero attached hydrogens (tertiary/aromatic N) is 4. The Bertz CT molecular complexity index is 1230. The van der Waals surface area contributed by atoms with Gasteiger partial charge in [0.1, 0.15) is 18.1 Å². The number of nitrogens with one attached hydrogen (secondary N) is 2. The summed E-state index contributed by atoms with van der Waals surface area (Å²) in [5.41, 5.74) is 3.55. The number of benzene rings is 2. The second-order valence-electron chi connectivity index (χ2n) is 11.5. The highest BCUT2D eigenvalue weighted by molar-refractivity contribution is 5.61. The Labute approximate surface area is 254 Å². The number of ether oxygens (including phenoxy) is 5. The van der Waals surface area contributed by atoms with E-state index in [1.807, 2.05) is 0 Å². The van der Waals surface area contributed by atoms with Crippen LogP contribution in [0.25, 0.3) is 0 Å². The summed E-state index contributed by atoms with van der Waals surface area (Å²) in [5.74, 6) is 3.09. The first-order valence-corrected chi connectivity index (χ1v) is 15.4. The van der Waals surface area contributed by atoms with Gasteiger partial charge in [0.15, 0.2) is 5.82 Å². The van der Waals surface area contributed by atoms with E-state index in [1.165, 1.54) is 5.56 Å².